The first-order valence-corrected chi connectivity index (χ1v) is 4.99. The Kier molecular flexibility index (Phi) is 2.52. The van der Waals surface area contributed by atoms with Crippen molar-refractivity contribution in [3.8, 4) is 0 Å². The van der Waals surface area contributed by atoms with Gasteiger partial charge in [0.2, 0.25) is 0 Å². The molecule has 2 unspecified atom stereocenters. The molecule has 0 radical (unpaired) electrons. The van der Waals surface area contributed by atoms with Crippen LogP contribution in [0.1, 0.15) is 12.5 Å². The Morgan fingerprint density at radius 1 is 1.71 bits per heavy atom. The van der Waals surface area contributed by atoms with Gasteiger partial charge in [-0.15, -0.1) is 0 Å². The predicted octanol–water partition coefficient (Wildman–Crippen LogP) is 0.551. The number of pyridine rings is 1. The molecule has 1 saturated heterocycles. The Morgan fingerprint density at radius 3 is 3.21 bits per heavy atom. The van der Waals surface area contributed by atoms with Crippen LogP contribution in [-0.2, 0) is 5.41 Å². The van der Waals surface area contributed by atoms with Gasteiger partial charge in [-0.2, -0.15) is 0 Å². The van der Waals surface area contributed by atoms with Gasteiger partial charge in [0.25, 0.3) is 0 Å². The third kappa shape index (κ3) is 1.42. The lowest BCUT2D eigenvalue weighted by molar-refractivity contribution is 0.192. The van der Waals surface area contributed by atoms with Crippen molar-refractivity contribution >= 4 is 0 Å². The molecule has 2 rings (SSSR count). The van der Waals surface area contributed by atoms with Crippen molar-refractivity contribution in [2.75, 3.05) is 19.7 Å². The third-order valence-electron chi connectivity index (χ3n) is 3.33. The van der Waals surface area contributed by atoms with Gasteiger partial charge in [-0.25, -0.2) is 0 Å². The van der Waals surface area contributed by atoms with E-state index >= 15 is 0 Å². The summed E-state index contributed by atoms with van der Waals surface area (Å²) in [6.07, 6.45) is 3.68. The molecule has 14 heavy (non-hydrogen) atoms. The first-order chi connectivity index (χ1) is 6.77. The maximum atomic E-state index is 9.30. The Morgan fingerprint density at radius 2 is 2.57 bits per heavy atom. The van der Waals surface area contributed by atoms with E-state index in [1.54, 1.807) is 6.20 Å². The molecule has 0 bridgehead atoms. The van der Waals surface area contributed by atoms with Crippen molar-refractivity contribution < 1.29 is 5.11 Å². The number of nitrogens with zero attached hydrogens (tertiary/aromatic N) is 1. The van der Waals surface area contributed by atoms with Crippen LogP contribution in [0, 0.1) is 5.92 Å². The SMILES string of the molecule is CC1(c2cccnc2)CNCC1CO. The first kappa shape index (κ1) is 9.62. The zero-order valence-electron chi connectivity index (χ0n) is 8.40. The molecule has 0 aliphatic carbocycles. The zero-order valence-corrected chi connectivity index (χ0v) is 8.40. The maximum absolute atomic E-state index is 9.30. The van der Waals surface area contributed by atoms with E-state index in [2.05, 4.69) is 23.3 Å². The summed E-state index contributed by atoms with van der Waals surface area (Å²) in [6.45, 7) is 4.23. The van der Waals surface area contributed by atoms with E-state index in [0.29, 0.717) is 5.92 Å². The fourth-order valence-electron chi connectivity index (χ4n) is 2.18. The van der Waals surface area contributed by atoms with Crippen LogP contribution in [-0.4, -0.2) is 29.8 Å². The molecule has 0 aromatic carbocycles. The predicted molar refractivity (Wildman–Crippen MR) is 55.0 cm³/mol. The van der Waals surface area contributed by atoms with E-state index in [1.807, 2.05) is 12.3 Å². The number of hydrogen-bond acceptors (Lipinski definition) is 3. The molecular formula is C11H16N2O. The lowest BCUT2D eigenvalue weighted by atomic mass is 9.75. The van der Waals surface area contributed by atoms with E-state index in [0.717, 1.165) is 13.1 Å². The first-order valence-electron chi connectivity index (χ1n) is 4.99. The highest BCUT2D eigenvalue weighted by molar-refractivity contribution is 5.25. The average Bonchev–Trinajstić information content (AvgIpc) is 2.62. The molecule has 76 valence electrons. The van der Waals surface area contributed by atoms with Gasteiger partial charge in [0.05, 0.1) is 0 Å². The maximum Gasteiger partial charge on any atom is 0.0480 e. The van der Waals surface area contributed by atoms with E-state index in [4.69, 9.17) is 0 Å². The van der Waals surface area contributed by atoms with Gasteiger partial charge in [-0.3, -0.25) is 4.98 Å². The van der Waals surface area contributed by atoms with E-state index in [1.165, 1.54) is 5.56 Å². The van der Waals surface area contributed by atoms with Crippen molar-refractivity contribution in [3.05, 3.63) is 30.1 Å². The minimum absolute atomic E-state index is 0.0308. The lowest BCUT2D eigenvalue weighted by Gasteiger charge is -2.29. The molecule has 2 heterocycles. The molecule has 1 aromatic heterocycles. The molecule has 1 aliphatic rings. The van der Waals surface area contributed by atoms with Crippen LogP contribution in [0.15, 0.2) is 24.5 Å². The highest BCUT2D eigenvalue weighted by atomic mass is 16.3. The van der Waals surface area contributed by atoms with E-state index < -0.39 is 0 Å². The Balaban J connectivity index is 2.31. The topological polar surface area (TPSA) is 45.2 Å². The van der Waals surface area contributed by atoms with Crippen LogP contribution in [0.25, 0.3) is 0 Å². The van der Waals surface area contributed by atoms with Crippen LogP contribution >= 0.6 is 0 Å². The average molecular weight is 192 g/mol. The highest BCUT2D eigenvalue weighted by Crippen LogP contribution is 2.34. The number of aromatic nitrogens is 1. The second-order valence-corrected chi connectivity index (χ2v) is 4.17. The smallest absolute Gasteiger partial charge is 0.0480 e. The fourth-order valence-corrected chi connectivity index (χ4v) is 2.18. The van der Waals surface area contributed by atoms with Gasteiger partial charge in [0, 0.05) is 43.4 Å². The lowest BCUT2D eigenvalue weighted by Crippen LogP contribution is -2.33. The summed E-state index contributed by atoms with van der Waals surface area (Å²) in [5.74, 6) is 0.298. The largest absolute Gasteiger partial charge is 0.396 e. The molecule has 1 fully saturated rings. The number of aliphatic hydroxyl groups excluding tert-OH is 1. The highest BCUT2D eigenvalue weighted by Gasteiger charge is 2.39. The summed E-state index contributed by atoms with van der Waals surface area (Å²) in [4.78, 5) is 4.13. The molecule has 0 amide bonds. The molecule has 2 N–H and O–H groups in total. The normalized spacial score (nSPS) is 32.0. The molecule has 0 saturated carbocycles. The monoisotopic (exact) mass is 192 g/mol. The summed E-state index contributed by atoms with van der Waals surface area (Å²) >= 11 is 0. The summed E-state index contributed by atoms with van der Waals surface area (Å²) < 4.78 is 0. The van der Waals surface area contributed by atoms with Gasteiger partial charge >= 0.3 is 0 Å². The van der Waals surface area contributed by atoms with Crippen LogP contribution in [0.2, 0.25) is 0 Å². The van der Waals surface area contributed by atoms with Crippen molar-refractivity contribution in [1.82, 2.24) is 10.3 Å². The van der Waals surface area contributed by atoms with Crippen molar-refractivity contribution in [1.29, 1.82) is 0 Å². The van der Waals surface area contributed by atoms with E-state index in [9.17, 15) is 5.11 Å². The van der Waals surface area contributed by atoms with Gasteiger partial charge < -0.3 is 10.4 Å². The van der Waals surface area contributed by atoms with Crippen LogP contribution < -0.4 is 5.32 Å². The summed E-state index contributed by atoms with van der Waals surface area (Å²) in [5.41, 5.74) is 1.24. The Hall–Kier alpha value is -0.930. The van der Waals surface area contributed by atoms with Crippen LogP contribution in [0.5, 0.6) is 0 Å². The van der Waals surface area contributed by atoms with Crippen LogP contribution in [0.3, 0.4) is 0 Å². The summed E-state index contributed by atoms with van der Waals surface area (Å²) in [6, 6.07) is 4.04. The van der Waals surface area contributed by atoms with Gasteiger partial charge in [0.1, 0.15) is 0 Å². The molecule has 3 heteroatoms. The molecule has 3 nitrogen and oxygen atoms in total. The van der Waals surface area contributed by atoms with Crippen molar-refractivity contribution in [2.24, 2.45) is 5.92 Å². The number of hydrogen-bond donors (Lipinski definition) is 2. The van der Waals surface area contributed by atoms with Crippen molar-refractivity contribution in [2.45, 2.75) is 12.3 Å². The zero-order chi connectivity index (χ0) is 10.0. The number of nitrogens with one attached hydrogen (secondary N) is 1. The minimum Gasteiger partial charge on any atom is -0.396 e. The van der Waals surface area contributed by atoms with Crippen molar-refractivity contribution in [3.63, 3.8) is 0 Å². The molecule has 1 aromatic rings. The molecule has 0 spiro atoms. The second kappa shape index (κ2) is 3.67. The second-order valence-electron chi connectivity index (χ2n) is 4.17. The summed E-state index contributed by atoms with van der Waals surface area (Å²) in [5, 5.41) is 12.6. The molecule has 1 aliphatic heterocycles. The molecule has 2 atom stereocenters. The Labute approximate surface area is 84.2 Å². The molecular weight excluding hydrogens is 176 g/mol. The van der Waals surface area contributed by atoms with Gasteiger partial charge in [0.15, 0.2) is 0 Å². The third-order valence-corrected chi connectivity index (χ3v) is 3.33. The van der Waals surface area contributed by atoms with Gasteiger partial charge in [-0.1, -0.05) is 13.0 Å². The number of rotatable bonds is 2. The number of aliphatic hydroxyl groups is 1. The quantitative estimate of drug-likeness (QED) is 0.719. The Bertz CT molecular complexity index is 301. The summed E-state index contributed by atoms with van der Waals surface area (Å²) in [7, 11) is 0. The van der Waals surface area contributed by atoms with E-state index in [-0.39, 0.29) is 12.0 Å². The van der Waals surface area contributed by atoms with Gasteiger partial charge in [-0.05, 0) is 11.6 Å². The fraction of sp³-hybridized carbons (Fsp3) is 0.545. The standard InChI is InChI=1S/C11H16N2O/c1-11(8-13-6-10(11)7-14)9-3-2-4-12-5-9/h2-5,10,13-14H,6-8H2,1H3. The minimum atomic E-state index is 0.0308. The van der Waals surface area contributed by atoms with Crippen LogP contribution in [0.4, 0.5) is 0 Å².